The number of carbonyl (C=O) groups excluding carboxylic acids is 1. The van der Waals surface area contributed by atoms with Crippen molar-refractivity contribution in [3.8, 4) is 5.69 Å². The molecule has 23 heavy (non-hydrogen) atoms. The second kappa shape index (κ2) is 6.78. The number of urea groups is 1. The van der Waals surface area contributed by atoms with Crippen LogP contribution in [0.2, 0.25) is 0 Å². The van der Waals surface area contributed by atoms with Gasteiger partial charge in [-0.05, 0) is 39.3 Å². The van der Waals surface area contributed by atoms with Crippen molar-refractivity contribution in [1.82, 2.24) is 20.1 Å². The van der Waals surface area contributed by atoms with Crippen molar-refractivity contribution < 1.29 is 9.90 Å². The Morgan fingerprint density at radius 3 is 2.61 bits per heavy atom. The molecule has 1 aromatic heterocycles. The van der Waals surface area contributed by atoms with Crippen molar-refractivity contribution >= 4 is 11.7 Å². The molecule has 0 aliphatic carbocycles. The molecule has 0 saturated heterocycles. The summed E-state index contributed by atoms with van der Waals surface area (Å²) in [6, 6.07) is 7.00. The molecule has 0 saturated carbocycles. The van der Waals surface area contributed by atoms with E-state index in [0.717, 1.165) is 11.5 Å². The van der Waals surface area contributed by atoms with Gasteiger partial charge < -0.3 is 15.7 Å². The molecule has 1 atom stereocenters. The molecular weight excluding hydrogens is 294 g/mol. The zero-order valence-electron chi connectivity index (χ0n) is 13.9. The third-order valence-corrected chi connectivity index (χ3v) is 3.80. The van der Waals surface area contributed by atoms with Gasteiger partial charge in [0.1, 0.15) is 11.6 Å². The van der Waals surface area contributed by atoms with Crippen molar-refractivity contribution in [3.63, 3.8) is 0 Å². The Morgan fingerprint density at radius 1 is 1.35 bits per heavy atom. The van der Waals surface area contributed by atoms with Crippen molar-refractivity contribution in [2.24, 2.45) is 0 Å². The van der Waals surface area contributed by atoms with E-state index in [-0.39, 0.29) is 12.6 Å². The SMILES string of the molecule is CCC(C)(CO)NC(=O)Nc1ccccc1-n1nc(C)nc1C. The summed E-state index contributed by atoms with van der Waals surface area (Å²) in [7, 11) is 0. The number of nitrogens with zero attached hydrogens (tertiary/aromatic N) is 3. The van der Waals surface area contributed by atoms with Gasteiger partial charge in [0.25, 0.3) is 0 Å². The van der Waals surface area contributed by atoms with Crippen LogP contribution in [-0.2, 0) is 0 Å². The maximum atomic E-state index is 12.2. The average Bonchev–Trinajstić information content (AvgIpc) is 2.86. The lowest BCUT2D eigenvalue weighted by molar-refractivity contribution is 0.172. The average molecular weight is 317 g/mol. The van der Waals surface area contributed by atoms with Gasteiger partial charge in [-0.3, -0.25) is 0 Å². The topological polar surface area (TPSA) is 92.1 Å². The summed E-state index contributed by atoms with van der Waals surface area (Å²) in [4.78, 5) is 16.5. The number of aromatic nitrogens is 3. The number of anilines is 1. The van der Waals surface area contributed by atoms with E-state index in [9.17, 15) is 9.90 Å². The lowest BCUT2D eigenvalue weighted by atomic mass is 10.0. The number of hydrogen-bond acceptors (Lipinski definition) is 4. The highest BCUT2D eigenvalue weighted by Crippen LogP contribution is 2.21. The first-order chi connectivity index (χ1) is 10.9. The molecule has 1 aromatic carbocycles. The predicted molar refractivity (Wildman–Crippen MR) is 88.8 cm³/mol. The Balaban J connectivity index is 2.25. The van der Waals surface area contributed by atoms with Gasteiger partial charge in [-0.25, -0.2) is 14.5 Å². The Labute approximate surface area is 135 Å². The Hall–Kier alpha value is -2.41. The van der Waals surface area contributed by atoms with Crippen LogP contribution < -0.4 is 10.6 Å². The summed E-state index contributed by atoms with van der Waals surface area (Å²) in [5.41, 5.74) is 0.705. The molecule has 124 valence electrons. The normalized spacial score (nSPS) is 13.4. The highest BCUT2D eigenvalue weighted by Gasteiger charge is 2.23. The Kier molecular flexibility index (Phi) is 5.00. The molecule has 0 aliphatic heterocycles. The summed E-state index contributed by atoms with van der Waals surface area (Å²) in [5.74, 6) is 1.41. The molecule has 0 bridgehead atoms. The summed E-state index contributed by atoms with van der Waals surface area (Å²) >= 11 is 0. The minimum Gasteiger partial charge on any atom is -0.394 e. The van der Waals surface area contributed by atoms with Crippen LogP contribution in [0.1, 0.15) is 31.9 Å². The van der Waals surface area contributed by atoms with Gasteiger partial charge in [-0.2, -0.15) is 5.10 Å². The number of aliphatic hydroxyl groups excluding tert-OH is 1. The standard InChI is InChI=1S/C16H23N5O2/c1-5-16(4,10-22)19-15(23)18-13-8-6-7-9-14(13)21-12(3)17-11(2)20-21/h6-9,22H,5,10H2,1-4H3,(H2,18,19,23). The van der Waals surface area contributed by atoms with E-state index >= 15 is 0 Å². The number of hydrogen-bond donors (Lipinski definition) is 3. The molecule has 2 amide bonds. The van der Waals surface area contributed by atoms with Crippen LogP contribution in [0.5, 0.6) is 0 Å². The number of para-hydroxylation sites is 2. The van der Waals surface area contributed by atoms with Gasteiger partial charge >= 0.3 is 6.03 Å². The number of amides is 2. The lowest BCUT2D eigenvalue weighted by Crippen LogP contribution is -2.50. The number of carbonyl (C=O) groups is 1. The zero-order valence-corrected chi connectivity index (χ0v) is 13.9. The first-order valence-corrected chi connectivity index (χ1v) is 7.58. The fraction of sp³-hybridized carbons (Fsp3) is 0.438. The van der Waals surface area contributed by atoms with Crippen molar-refractivity contribution in [3.05, 3.63) is 35.9 Å². The van der Waals surface area contributed by atoms with Crippen molar-refractivity contribution in [2.45, 2.75) is 39.7 Å². The van der Waals surface area contributed by atoms with E-state index in [1.165, 1.54) is 0 Å². The molecule has 2 rings (SSSR count). The minimum atomic E-state index is -0.654. The first kappa shape index (κ1) is 17.0. The Morgan fingerprint density at radius 2 is 2.04 bits per heavy atom. The fourth-order valence-corrected chi connectivity index (χ4v) is 2.18. The second-order valence-electron chi connectivity index (χ2n) is 5.79. The smallest absolute Gasteiger partial charge is 0.319 e. The predicted octanol–water partition coefficient (Wildman–Crippen LogP) is 2.17. The van der Waals surface area contributed by atoms with Crippen molar-refractivity contribution in [1.29, 1.82) is 0 Å². The molecular formula is C16H23N5O2. The van der Waals surface area contributed by atoms with Crippen LogP contribution in [0.4, 0.5) is 10.5 Å². The minimum absolute atomic E-state index is 0.125. The maximum Gasteiger partial charge on any atom is 0.319 e. The number of nitrogens with one attached hydrogen (secondary N) is 2. The molecule has 1 heterocycles. The fourth-order valence-electron chi connectivity index (χ4n) is 2.18. The number of aliphatic hydroxyl groups is 1. The van der Waals surface area contributed by atoms with E-state index < -0.39 is 5.54 Å². The summed E-state index contributed by atoms with van der Waals surface area (Å²) in [6.45, 7) is 7.26. The van der Waals surface area contributed by atoms with Crippen LogP contribution in [0.3, 0.4) is 0 Å². The van der Waals surface area contributed by atoms with Crippen LogP contribution in [-0.4, -0.2) is 38.0 Å². The molecule has 2 aromatic rings. The quantitative estimate of drug-likeness (QED) is 0.788. The van der Waals surface area contributed by atoms with Gasteiger partial charge in [0.2, 0.25) is 0 Å². The van der Waals surface area contributed by atoms with Crippen molar-refractivity contribution in [2.75, 3.05) is 11.9 Å². The molecule has 7 heteroatoms. The third kappa shape index (κ3) is 3.87. The highest BCUT2D eigenvalue weighted by molar-refractivity contribution is 5.92. The molecule has 1 unspecified atom stereocenters. The van der Waals surface area contributed by atoms with E-state index in [0.29, 0.717) is 17.9 Å². The van der Waals surface area contributed by atoms with Gasteiger partial charge in [0.15, 0.2) is 0 Å². The molecule has 3 N–H and O–H groups in total. The van der Waals surface area contributed by atoms with Crippen LogP contribution in [0, 0.1) is 13.8 Å². The molecule has 0 radical (unpaired) electrons. The summed E-state index contributed by atoms with van der Waals surface area (Å²) in [5, 5.41) is 19.4. The largest absolute Gasteiger partial charge is 0.394 e. The first-order valence-electron chi connectivity index (χ1n) is 7.58. The van der Waals surface area contributed by atoms with Crippen LogP contribution >= 0.6 is 0 Å². The van der Waals surface area contributed by atoms with E-state index in [1.54, 1.807) is 17.7 Å². The number of benzene rings is 1. The van der Waals surface area contributed by atoms with Gasteiger partial charge in [-0.15, -0.1) is 0 Å². The van der Waals surface area contributed by atoms with Gasteiger partial charge in [0.05, 0.1) is 23.5 Å². The molecule has 0 aliphatic rings. The van der Waals surface area contributed by atoms with E-state index in [2.05, 4.69) is 20.7 Å². The van der Waals surface area contributed by atoms with E-state index in [4.69, 9.17) is 0 Å². The number of aryl methyl sites for hydroxylation is 2. The Bertz CT molecular complexity index is 692. The lowest BCUT2D eigenvalue weighted by Gasteiger charge is -2.27. The number of rotatable bonds is 5. The molecule has 0 fully saturated rings. The summed E-state index contributed by atoms with van der Waals surface area (Å²) < 4.78 is 1.69. The third-order valence-electron chi connectivity index (χ3n) is 3.80. The monoisotopic (exact) mass is 317 g/mol. The zero-order chi connectivity index (χ0) is 17.0. The molecule has 7 nitrogen and oxygen atoms in total. The highest BCUT2D eigenvalue weighted by atomic mass is 16.3. The maximum absolute atomic E-state index is 12.2. The van der Waals surface area contributed by atoms with Gasteiger partial charge in [0, 0.05) is 0 Å². The van der Waals surface area contributed by atoms with Gasteiger partial charge in [-0.1, -0.05) is 19.1 Å². The van der Waals surface area contributed by atoms with Crippen LogP contribution in [0.25, 0.3) is 5.69 Å². The van der Waals surface area contributed by atoms with E-state index in [1.807, 2.05) is 39.0 Å². The molecule has 0 spiro atoms. The summed E-state index contributed by atoms with van der Waals surface area (Å²) in [6.07, 6.45) is 0.625. The van der Waals surface area contributed by atoms with Crippen LogP contribution in [0.15, 0.2) is 24.3 Å². The second-order valence-corrected chi connectivity index (χ2v) is 5.79.